The van der Waals surface area contributed by atoms with Crippen molar-refractivity contribution >= 4 is 21.7 Å². The predicted octanol–water partition coefficient (Wildman–Crippen LogP) is 3.63. The van der Waals surface area contributed by atoms with Crippen molar-refractivity contribution in [1.82, 2.24) is 9.97 Å². The Morgan fingerprint density at radius 2 is 1.89 bits per heavy atom. The molecule has 2 rings (SSSR count). The van der Waals surface area contributed by atoms with E-state index in [0.29, 0.717) is 0 Å². The first-order chi connectivity index (χ1) is 8.58. The van der Waals surface area contributed by atoms with Crippen LogP contribution in [0.4, 0.5) is 5.82 Å². The van der Waals surface area contributed by atoms with Crippen molar-refractivity contribution in [2.24, 2.45) is 0 Å². The predicted molar refractivity (Wildman–Crippen MR) is 77.7 cm³/mol. The average Bonchev–Trinajstić information content (AvgIpc) is 2.38. The minimum atomic E-state index is 0.0543. The van der Waals surface area contributed by atoms with Crippen molar-refractivity contribution in [3.8, 4) is 0 Å². The molecule has 0 amide bonds. The maximum absolute atomic E-state index is 4.18. The third-order valence-corrected chi connectivity index (χ3v) is 3.33. The van der Waals surface area contributed by atoms with Gasteiger partial charge >= 0.3 is 0 Å². The molecule has 3 nitrogen and oxygen atoms in total. The van der Waals surface area contributed by atoms with Crippen LogP contribution in [0.1, 0.15) is 19.4 Å². The summed E-state index contributed by atoms with van der Waals surface area (Å²) in [6.45, 7) is 5.25. The van der Waals surface area contributed by atoms with Crippen molar-refractivity contribution in [3.63, 3.8) is 0 Å². The maximum Gasteiger partial charge on any atom is 0.130 e. The first-order valence-corrected chi connectivity index (χ1v) is 6.64. The zero-order valence-electron chi connectivity index (χ0n) is 10.5. The van der Waals surface area contributed by atoms with Gasteiger partial charge in [0.2, 0.25) is 0 Å². The summed E-state index contributed by atoms with van der Waals surface area (Å²) in [6, 6.07) is 12.3. The minimum Gasteiger partial charge on any atom is -0.369 e. The molecule has 0 radical (unpaired) electrons. The van der Waals surface area contributed by atoms with Gasteiger partial charge in [-0.05, 0) is 21.5 Å². The van der Waals surface area contributed by atoms with E-state index in [1.54, 1.807) is 6.33 Å². The van der Waals surface area contributed by atoms with Gasteiger partial charge in [0.1, 0.15) is 16.7 Å². The number of hydrogen-bond acceptors (Lipinski definition) is 3. The number of nitrogens with one attached hydrogen (secondary N) is 1. The summed E-state index contributed by atoms with van der Waals surface area (Å²) in [7, 11) is 0. The van der Waals surface area contributed by atoms with Gasteiger partial charge in [-0.3, -0.25) is 0 Å². The lowest BCUT2D eigenvalue weighted by Crippen LogP contribution is -2.27. The number of hydrogen-bond donors (Lipinski definition) is 1. The molecule has 0 bridgehead atoms. The molecule has 0 fully saturated rings. The molecule has 18 heavy (non-hydrogen) atoms. The zero-order valence-corrected chi connectivity index (χ0v) is 12.1. The van der Waals surface area contributed by atoms with E-state index in [1.807, 2.05) is 12.1 Å². The van der Waals surface area contributed by atoms with Crippen LogP contribution in [0.2, 0.25) is 0 Å². The Labute approximate surface area is 116 Å². The second-order valence-electron chi connectivity index (χ2n) is 4.83. The highest BCUT2D eigenvalue weighted by atomic mass is 79.9. The van der Waals surface area contributed by atoms with Gasteiger partial charge in [0.25, 0.3) is 0 Å². The van der Waals surface area contributed by atoms with Gasteiger partial charge in [0, 0.05) is 18.0 Å². The first-order valence-electron chi connectivity index (χ1n) is 5.85. The van der Waals surface area contributed by atoms with Crippen molar-refractivity contribution in [2.45, 2.75) is 19.3 Å². The largest absolute Gasteiger partial charge is 0.369 e. The molecule has 1 heterocycles. The van der Waals surface area contributed by atoms with Crippen LogP contribution < -0.4 is 5.32 Å². The molecule has 1 aromatic carbocycles. The summed E-state index contributed by atoms with van der Waals surface area (Å²) in [5, 5.41) is 3.34. The Bertz CT molecular complexity index is 511. The standard InChI is InChI=1S/C14H16BrN3/c1-14(2,11-6-4-3-5-7-11)9-16-13-8-12(15)17-10-18-13/h3-8,10H,9H2,1-2H3,(H,16,17,18). The summed E-state index contributed by atoms with van der Waals surface area (Å²) in [4.78, 5) is 8.19. The fourth-order valence-corrected chi connectivity index (χ4v) is 2.04. The third-order valence-electron chi connectivity index (χ3n) is 2.90. The van der Waals surface area contributed by atoms with E-state index in [2.05, 4.69) is 69.3 Å². The molecule has 1 aromatic heterocycles. The maximum atomic E-state index is 4.18. The van der Waals surface area contributed by atoms with Crippen LogP contribution in [-0.4, -0.2) is 16.5 Å². The Balaban J connectivity index is 2.05. The summed E-state index contributed by atoms with van der Waals surface area (Å²) in [6.07, 6.45) is 1.54. The highest BCUT2D eigenvalue weighted by molar-refractivity contribution is 9.10. The molecule has 0 aliphatic heterocycles. The average molecular weight is 306 g/mol. The van der Waals surface area contributed by atoms with Crippen LogP contribution in [0.15, 0.2) is 47.3 Å². The van der Waals surface area contributed by atoms with Crippen molar-refractivity contribution < 1.29 is 0 Å². The van der Waals surface area contributed by atoms with E-state index in [4.69, 9.17) is 0 Å². The summed E-state index contributed by atoms with van der Waals surface area (Å²) >= 11 is 3.34. The number of halogens is 1. The highest BCUT2D eigenvalue weighted by Gasteiger charge is 2.19. The van der Waals surface area contributed by atoms with Crippen LogP contribution >= 0.6 is 15.9 Å². The molecular weight excluding hydrogens is 290 g/mol. The lowest BCUT2D eigenvalue weighted by Gasteiger charge is -2.25. The molecule has 0 saturated carbocycles. The molecule has 0 saturated heterocycles. The molecule has 4 heteroatoms. The van der Waals surface area contributed by atoms with E-state index < -0.39 is 0 Å². The molecule has 2 aromatic rings. The van der Waals surface area contributed by atoms with Gasteiger partial charge in [-0.2, -0.15) is 0 Å². The third kappa shape index (κ3) is 3.29. The van der Waals surface area contributed by atoms with Crippen molar-refractivity contribution in [1.29, 1.82) is 0 Å². The fraction of sp³-hybridized carbons (Fsp3) is 0.286. The van der Waals surface area contributed by atoms with Gasteiger partial charge in [-0.1, -0.05) is 44.2 Å². The summed E-state index contributed by atoms with van der Waals surface area (Å²) in [5.41, 5.74) is 1.37. The van der Waals surface area contributed by atoms with Crippen LogP contribution in [0.25, 0.3) is 0 Å². The van der Waals surface area contributed by atoms with Crippen LogP contribution in [0.5, 0.6) is 0 Å². The van der Waals surface area contributed by atoms with Crippen LogP contribution in [0.3, 0.4) is 0 Å². The lowest BCUT2D eigenvalue weighted by atomic mass is 9.85. The van der Waals surface area contributed by atoms with Crippen LogP contribution in [0, 0.1) is 0 Å². The molecule has 0 aliphatic carbocycles. The Morgan fingerprint density at radius 1 is 1.17 bits per heavy atom. The van der Waals surface area contributed by atoms with E-state index in [0.717, 1.165) is 17.0 Å². The topological polar surface area (TPSA) is 37.8 Å². The van der Waals surface area contributed by atoms with Crippen molar-refractivity contribution in [2.75, 3.05) is 11.9 Å². The van der Waals surface area contributed by atoms with E-state index in [-0.39, 0.29) is 5.41 Å². The van der Waals surface area contributed by atoms with Crippen LogP contribution in [-0.2, 0) is 5.41 Å². The molecule has 0 spiro atoms. The van der Waals surface area contributed by atoms with E-state index in [9.17, 15) is 0 Å². The monoisotopic (exact) mass is 305 g/mol. The summed E-state index contributed by atoms with van der Waals surface area (Å²) < 4.78 is 0.789. The molecule has 94 valence electrons. The van der Waals surface area contributed by atoms with Gasteiger partial charge < -0.3 is 5.32 Å². The highest BCUT2D eigenvalue weighted by Crippen LogP contribution is 2.23. The molecule has 0 unspecified atom stereocenters. The minimum absolute atomic E-state index is 0.0543. The summed E-state index contributed by atoms with van der Waals surface area (Å²) in [5.74, 6) is 0.834. The van der Waals surface area contributed by atoms with E-state index >= 15 is 0 Å². The molecule has 0 aliphatic rings. The van der Waals surface area contributed by atoms with E-state index in [1.165, 1.54) is 5.56 Å². The molecule has 0 atom stereocenters. The van der Waals surface area contributed by atoms with Gasteiger partial charge in [-0.15, -0.1) is 0 Å². The second kappa shape index (κ2) is 5.48. The molecular formula is C14H16BrN3. The number of aromatic nitrogens is 2. The van der Waals surface area contributed by atoms with Gasteiger partial charge in [-0.25, -0.2) is 9.97 Å². The number of benzene rings is 1. The first kappa shape index (κ1) is 13.0. The quantitative estimate of drug-likeness (QED) is 0.877. The second-order valence-corrected chi connectivity index (χ2v) is 5.64. The lowest BCUT2D eigenvalue weighted by molar-refractivity contribution is 0.556. The Kier molecular flexibility index (Phi) is 3.97. The normalized spacial score (nSPS) is 11.3. The number of anilines is 1. The fourth-order valence-electron chi connectivity index (χ4n) is 1.73. The van der Waals surface area contributed by atoms with Gasteiger partial charge in [0.15, 0.2) is 0 Å². The zero-order chi connectivity index (χ0) is 13.0. The Hall–Kier alpha value is -1.42. The number of rotatable bonds is 4. The number of nitrogens with zero attached hydrogens (tertiary/aromatic N) is 2. The Morgan fingerprint density at radius 3 is 2.56 bits per heavy atom. The van der Waals surface area contributed by atoms with Crippen molar-refractivity contribution in [3.05, 3.63) is 52.9 Å². The van der Waals surface area contributed by atoms with Gasteiger partial charge in [0.05, 0.1) is 0 Å². The molecule has 1 N–H and O–H groups in total. The SMILES string of the molecule is CC(C)(CNc1cc(Br)ncn1)c1ccccc1. The smallest absolute Gasteiger partial charge is 0.130 e.